The van der Waals surface area contributed by atoms with Gasteiger partial charge in [0.25, 0.3) is 0 Å². The lowest BCUT2D eigenvalue weighted by Crippen LogP contribution is -2.02. The number of fused-ring (bicyclic) bond motifs is 5. The predicted molar refractivity (Wildman–Crippen MR) is 188 cm³/mol. The molecule has 0 aliphatic heterocycles. The highest BCUT2D eigenvalue weighted by Gasteiger charge is 2.20. The fourth-order valence-corrected chi connectivity index (χ4v) is 6.42. The summed E-state index contributed by atoms with van der Waals surface area (Å²) in [6.45, 7) is 0. The van der Waals surface area contributed by atoms with Gasteiger partial charge >= 0.3 is 0 Å². The largest absolute Gasteiger partial charge is 0.455 e. The Morgan fingerprint density at radius 1 is 0.457 bits per heavy atom. The topological polar surface area (TPSA) is 43.9 Å². The molecule has 0 aliphatic carbocycles. The van der Waals surface area contributed by atoms with Gasteiger partial charge in [0.2, 0.25) is 0 Å². The zero-order valence-electron chi connectivity index (χ0n) is 24.8. The van der Waals surface area contributed by atoms with Crippen molar-refractivity contribution in [1.82, 2.24) is 14.5 Å². The zero-order chi connectivity index (χ0) is 30.5. The lowest BCUT2D eigenvalue weighted by Gasteiger charge is -2.12. The van der Waals surface area contributed by atoms with Gasteiger partial charge in [0.05, 0.1) is 22.1 Å². The smallest absolute Gasteiger partial charge is 0.162 e. The summed E-state index contributed by atoms with van der Waals surface area (Å²) in [5, 5.41) is 3.26. The molecule has 3 aromatic heterocycles. The summed E-state index contributed by atoms with van der Waals surface area (Å²) < 4.78 is 8.85. The molecule has 0 atom stereocenters. The molecule has 4 nitrogen and oxygen atoms in total. The van der Waals surface area contributed by atoms with Crippen LogP contribution in [0.1, 0.15) is 0 Å². The van der Waals surface area contributed by atoms with E-state index in [0.717, 1.165) is 66.7 Å². The third kappa shape index (κ3) is 4.39. The van der Waals surface area contributed by atoms with Crippen LogP contribution < -0.4 is 0 Å². The molecule has 0 bridgehead atoms. The van der Waals surface area contributed by atoms with Gasteiger partial charge in [-0.2, -0.15) is 0 Å². The van der Waals surface area contributed by atoms with Crippen LogP contribution in [0.15, 0.2) is 168 Å². The highest BCUT2D eigenvalue weighted by atomic mass is 16.3. The van der Waals surface area contributed by atoms with Crippen LogP contribution in [0.5, 0.6) is 0 Å². The molecule has 0 saturated heterocycles. The van der Waals surface area contributed by atoms with E-state index in [4.69, 9.17) is 14.4 Å². The lowest BCUT2D eigenvalue weighted by atomic mass is 10.0. The Balaban J connectivity index is 1.27. The molecule has 0 unspecified atom stereocenters. The van der Waals surface area contributed by atoms with Gasteiger partial charge in [-0.15, -0.1) is 0 Å². The van der Waals surface area contributed by atoms with Crippen molar-refractivity contribution in [2.24, 2.45) is 0 Å². The highest BCUT2D eigenvalue weighted by molar-refractivity contribution is 6.20. The van der Waals surface area contributed by atoms with Gasteiger partial charge in [-0.05, 0) is 35.4 Å². The van der Waals surface area contributed by atoms with Crippen LogP contribution in [0.4, 0.5) is 0 Å². The van der Waals surface area contributed by atoms with E-state index in [0.29, 0.717) is 5.82 Å². The summed E-state index contributed by atoms with van der Waals surface area (Å²) in [6, 6.07) is 56.5. The average Bonchev–Trinajstić information content (AvgIpc) is 3.72. The van der Waals surface area contributed by atoms with E-state index in [2.05, 4.69) is 126 Å². The lowest BCUT2D eigenvalue weighted by molar-refractivity contribution is 0.635. The Hall–Kier alpha value is -6.26. The third-order valence-electron chi connectivity index (χ3n) is 8.64. The Kier molecular flexibility index (Phi) is 6.10. The molecule has 216 valence electrons. The molecule has 46 heavy (non-hydrogen) atoms. The maximum Gasteiger partial charge on any atom is 0.162 e. The second-order valence-corrected chi connectivity index (χ2v) is 11.5. The van der Waals surface area contributed by atoms with Crippen LogP contribution in [0.25, 0.3) is 83.7 Å². The minimum atomic E-state index is 0.677. The van der Waals surface area contributed by atoms with E-state index in [-0.39, 0.29) is 0 Å². The Labute approximate surface area is 265 Å². The van der Waals surface area contributed by atoms with E-state index in [1.165, 1.54) is 11.1 Å². The van der Waals surface area contributed by atoms with Crippen LogP contribution >= 0.6 is 0 Å². The standard InChI is InChI=1S/C42H27N3O/c1-4-12-28(13-5-1)29-20-22-30(23-21-29)35-27-39(44-42(43-35)32-16-8-3-9-17-32)45-36-19-11-10-18-34(36)40-37(45)25-24-33-26-38(46-41(33)40)31-14-6-2-7-15-31/h1-27H. The van der Waals surface area contributed by atoms with Gasteiger partial charge in [0, 0.05) is 33.5 Å². The van der Waals surface area contributed by atoms with Crippen LogP contribution in [0, 0.1) is 0 Å². The van der Waals surface area contributed by atoms with Crippen molar-refractivity contribution in [3.8, 4) is 50.9 Å². The molecule has 9 rings (SSSR count). The first-order valence-corrected chi connectivity index (χ1v) is 15.4. The summed E-state index contributed by atoms with van der Waals surface area (Å²) in [7, 11) is 0. The number of benzene rings is 6. The molecule has 0 amide bonds. The first-order valence-electron chi connectivity index (χ1n) is 15.4. The van der Waals surface area contributed by atoms with Crippen molar-refractivity contribution < 1.29 is 4.42 Å². The fraction of sp³-hybridized carbons (Fsp3) is 0. The minimum Gasteiger partial charge on any atom is -0.455 e. The van der Waals surface area contributed by atoms with E-state index < -0.39 is 0 Å². The maximum absolute atomic E-state index is 6.61. The summed E-state index contributed by atoms with van der Waals surface area (Å²) >= 11 is 0. The molecule has 0 N–H and O–H groups in total. The van der Waals surface area contributed by atoms with Crippen molar-refractivity contribution >= 4 is 32.8 Å². The van der Waals surface area contributed by atoms with Gasteiger partial charge in [-0.3, -0.25) is 4.57 Å². The Morgan fingerprint density at radius 3 is 1.80 bits per heavy atom. The molecule has 0 radical (unpaired) electrons. The molecule has 6 aromatic carbocycles. The first kappa shape index (κ1) is 26.2. The molecule has 9 aromatic rings. The van der Waals surface area contributed by atoms with Crippen LogP contribution in [0.3, 0.4) is 0 Å². The number of rotatable bonds is 5. The molecule has 3 heterocycles. The normalized spacial score (nSPS) is 11.5. The number of aromatic nitrogens is 3. The zero-order valence-corrected chi connectivity index (χ0v) is 24.8. The molecule has 0 fully saturated rings. The van der Waals surface area contributed by atoms with E-state index in [1.807, 2.05) is 42.5 Å². The van der Waals surface area contributed by atoms with Crippen LogP contribution in [-0.4, -0.2) is 14.5 Å². The quantitative estimate of drug-likeness (QED) is 0.201. The molecular weight excluding hydrogens is 562 g/mol. The predicted octanol–water partition coefficient (Wildman–Crippen LogP) is 11.0. The number of furan rings is 1. The first-order chi connectivity index (χ1) is 22.8. The Morgan fingerprint density at radius 2 is 1.07 bits per heavy atom. The number of hydrogen-bond acceptors (Lipinski definition) is 3. The molecule has 0 spiro atoms. The number of nitrogens with zero attached hydrogens (tertiary/aromatic N) is 3. The van der Waals surface area contributed by atoms with Crippen molar-refractivity contribution in [3.05, 3.63) is 164 Å². The summed E-state index contributed by atoms with van der Waals surface area (Å²) in [5.41, 5.74) is 9.24. The highest BCUT2D eigenvalue weighted by Crippen LogP contribution is 2.40. The fourth-order valence-electron chi connectivity index (χ4n) is 6.42. The van der Waals surface area contributed by atoms with E-state index >= 15 is 0 Å². The second-order valence-electron chi connectivity index (χ2n) is 11.5. The van der Waals surface area contributed by atoms with E-state index in [9.17, 15) is 0 Å². The molecule has 0 saturated carbocycles. The number of para-hydroxylation sites is 1. The third-order valence-corrected chi connectivity index (χ3v) is 8.64. The van der Waals surface area contributed by atoms with Crippen molar-refractivity contribution in [1.29, 1.82) is 0 Å². The van der Waals surface area contributed by atoms with E-state index in [1.54, 1.807) is 0 Å². The van der Waals surface area contributed by atoms with Crippen LogP contribution in [-0.2, 0) is 0 Å². The van der Waals surface area contributed by atoms with Gasteiger partial charge < -0.3 is 4.42 Å². The summed E-state index contributed by atoms with van der Waals surface area (Å²) in [6.07, 6.45) is 0. The number of hydrogen-bond donors (Lipinski definition) is 0. The van der Waals surface area contributed by atoms with Gasteiger partial charge in [0.1, 0.15) is 17.2 Å². The summed E-state index contributed by atoms with van der Waals surface area (Å²) in [5.74, 6) is 2.34. The monoisotopic (exact) mass is 589 g/mol. The summed E-state index contributed by atoms with van der Waals surface area (Å²) in [4.78, 5) is 10.3. The van der Waals surface area contributed by atoms with Crippen molar-refractivity contribution in [3.63, 3.8) is 0 Å². The second kappa shape index (κ2) is 10.7. The maximum atomic E-state index is 6.61. The Bertz CT molecular complexity index is 2500. The average molecular weight is 590 g/mol. The van der Waals surface area contributed by atoms with Crippen molar-refractivity contribution in [2.45, 2.75) is 0 Å². The van der Waals surface area contributed by atoms with Crippen LogP contribution in [0.2, 0.25) is 0 Å². The molecular formula is C42H27N3O. The SMILES string of the molecule is c1ccc(-c2ccc(-c3cc(-n4c5ccccc5c5c6oc(-c7ccccc7)cc6ccc54)nc(-c4ccccc4)n3)cc2)cc1. The van der Waals surface area contributed by atoms with Gasteiger partial charge in [0.15, 0.2) is 5.82 Å². The van der Waals surface area contributed by atoms with Gasteiger partial charge in [-0.25, -0.2) is 9.97 Å². The minimum absolute atomic E-state index is 0.677. The molecule has 4 heteroatoms. The van der Waals surface area contributed by atoms with Gasteiger partial charge in [-0.1, -0.05) is 133 Å². The van der Waals surface area contributed by atoms with Crippen molar-refractivity contribution in [2.75, 3.05) is 0 Å². The molecule has 0 aliphatic rings.